The zero-order valence-electron chi connectivity index (χ0n) is 11.5. The van der Waals surface area contributed by atoms with Crippen LogP contribution in [0.25, 0.3) is 0 Å². The number of alkyl halides is 3. The van der Waals surface area contributed by atoms with E-state index >= 15 is 0 Å². The lowest BCUT2D eigenvalue weighted by molar-refractivity contribution is -0.138. The van der Waals surface area contributed by atoms with E-state index in [-0.39, 0.29) is 12.5 Å². The van der Waals surface area contributed by atoms with Crippen LogP contribution in [0.4, 0.5) is 13.2 Å². The Labute approximate surface area is 121 Å². The molecule has 1 N–H and O–H groups in total. The lowest BCUT2D eigenvalue weighted by Crippen LogP contribution is -2.20. The summed E-state index contributed by atoms with van der Waals surface area (Å²) < 4.78 is 39.5. The van der Waals surface area contributed by atoms with Crippen molar-refractivity contribution in [3.05, 3.63) is 34.4 Å². The van der Waals surface area contributed by atoms with E-state index in [1.54, 1.807) is 0 Å². The fourth-order valence-electron chi connectivity index (χ4n) is 3.17. The summed E-state index contributed by atoms with van der Waals surface area (Å²) >= 11 is 0. The minimum absolute atomic E-state index is 0.00294. The molecule has 21 heavy (non-hydrogen) atoms. The summed E-state index contributed by atoms with van der Waals surface area (Å²) in [5.74, 6) is 0.00294. The van der Waals surface area contributed by atoms with E-state index in [0.717, 1.165) is 18.5 Å². The molecular formula is C15H16F3N3. The largest absolute Gasteiger partial charge is 0.416 e. The molecule has 1 unspecified atom stereocenters. The van der Waals surface area contributed by atoms with E-state index in [2.05, 4.69) is 16.3 Å². The zero-order valence-corrected chi connectivity index (χ0v) is 11.5. The normalized spacial score (nSPS) is 22.3. The van der Waals surface area contributed by atoms with Gasteiger partial charge in [-0.15, -0.1) is 0 Å². The number of likely N-dealkylation sites (tertiary alicyclic amines) is 1. The lowest BCUT2D eigenvalue weighted by atomic mass is 9.99. The van der Waals surface area contributed by atoms with Gasteiger partial charge in [-0.3, -0.25) is 4.90 Å². The molecule has 112 valence electrons. The van der Waals surface area contributed by atoms with Crippen molar-refractivity contribution in [1.82, 2.24) is 10.2 Å². The van der Waals surface area contributed by atoms with Gasteiger partial charge in [-0.05, 0) is 35.7 Å². The highest BCUT2D eigenvalue weighted by molar-refractivity contribution is 5.43. The van der Waals surface area contributed by atoms with Gasteiger partial charge >= 0.3 is 6.18 Å². The Morgan fingerprint density at radius 3 is 2.81 bits per heavy atom. The monoisotopic (exact) mass is 295 g/mol. The highest BCUT2D eigenvalue weighted by Gasteiger charge is 2.36. The van der Waals surface area contributed by atoms with Crippen molar-refractivity contribution in [3.63, 3.8) is 0 Å². The summed E-state index contributed by atoms with van der Waals surface area (Å²) in [4.78, 5) is 2.05. The van der Waals surface area contributed by atoms with Crippen molar-refractivity contribution in [2.75, 3.05) is 13.1 Å². The first-order valence-electron chi connectivity index (χ1n) is 7.02. The number of fused-ring (bicyclic) bond motifs is 1. The van der Waals surface area contributed by atoms with Gasteiger partial charge < -0.3 is 5.32 Å². The van der Waals surface area contributed by atoms with Crippen LogP contribution in [-0.2, 0) is 25.8 Å². The van der Waals surface area contributed by atoms with Gasteiger partial charge in [-0.25, -0.2) is 0 Å². The van der Waals surface area contributed by atoms with Gasteiger partial charge in [0.2, 0.25) is 0 Å². The van der Waals surface area contributed by atoms with Crippen LogP contribution < -0.4 is 5.32 Å². The summed E-state index contributed by atoms with van der Waals surface area (Å²) in [6.45, 7) is 2.67. The van der Waals surface area contributed by atoms with Crippen molar-refractivity contribution in [2.24, 2.45) is 5.92 Å². The maximum atomic E-state index is 13.2. The molecule has 0 radical (unpaired) electrons. The standard InChI is InChI=1S/C15H16F3N3/c16-15(17,18)14-4-11(3-12-6-20-7-13(12)14)9-21-2-1-10(5-19)8-21/h3-4,10,20H,1-2,6-9H2. The molecule has 1 aromatic carbocycles. The first kappa shape index (κ1) is 14.4. The minimum atomic E-state index is -4.31. The first-order chi connectivity index (χ1) is 9.97. The number of benzene rings is 1. The molecule has 0 aromatic heterocycles. The highest BCUT2D eigenvalue weighted by Crippen LogP contribution is 2.36. The molecule has 3 nitrogen and oxygen atoms in total. The molecule has 1 fully saturated rings. The van der Waals surface area contributed by atoms with Crippen LogP contribution in [0.3, 0.4) is 0 Å². The molecule has 0 aliphatic carbocycles. The second-order valence-electron chi connectivity index (χ2n) is 5.73. The van der Waals surface area contributed by atoms with Crippen molar-refractivity contribution in [2.45, 2.75) is 32.2 Å². The third kappa shape index (κ3) is 2.89. The quantitative estimate of drug-likeness (QED) is 0.911. The Bertz CT molecular complexity index is 589. The van der Waals surface area contributed by atoms with E-state index in [1.165, 1.54) is 6.07 Å². The van der Waals surface area contributed by atoms with Gasteiger partial charge in [0.1, 0.15) is 0 Å². The van der Waals surface area contributed by atoms with Gasteiger partial charge in [0.15, 0.2) is 0 Å². The Balaban J connectivity index is 1.85. The average Bonchev–Trinajstić information content (AvgIpc) is 3.05. The van der Waals surface area contributed by atoms with Crippen LogP contribution in [0.2, 0.25) is 0 Å². The molecule has 1 atom stereocenters. The summed E-state index contributed by atoms with van der Waals surface area (Å²) in [6, 6.07) is 5.36. The second kappa shape index (κ2) is 5.32. The van der Waals surface area contributed by atoms with Crippen LogP contribution in [0.5, 0.6) is 0 Å². The summed E-state index contributed by atoms with van der Waals surface area (Å²) in [5.41, 5.74) is 1.29. The van der Waals surface area contributed by atoms with Gasteiger partial charge in [0, 0.05) is 26.2 Å². The Hall–Kier alpha value is -1.58. The van der Waals surface area contributed by atoms with Crippen LogP contribution in [0.15, 0.2) is 12.1 Å². The number of hydrogen-bond acceptors (Lipinski definition) is 3. The zero-order chi connectivity index (χ0) is 15.0. The van der Waals surface area contributed by atoms with Crippen LogP contribution in [0.1, 0.15) is 28.7 Å². The molecule has 2 heterocycles. The molecule has 0 saturated carbocycles. The number of nitriles is 1. The van der Waals surface area contributed by atoms with Crippen LogP contribution >= 0.6 is 0 Å². The lowest BCUT2D eigenvalue weighted by Gasteiger charge is -2.18. The predicted octanol–water partition coefficient (Wildman–Crippen LogP) is 2.65. The highest BCUT2D eigenvalue weighted by atomic mass is 19.4. The molecule has 0 spiro atoms. The van der Waals surface area contributed by atoms with E-state index in [1.807, 2.05) is 6.07 Å². The molecule has 3 rings (SSSR count). The Morgan fingerprint density at radius 2 is 2.14 bits per heavy atom. The number of rotatable bonds is 2. The number of hydrogen-bond donors (Lipinski definition) is 1. The predicted molar refractivity (Wildman–Crippen MR) is 71.0 cm³/mol. The van der Waals surface area contributed by atoms with Crippen molar-refractivity contribution in [3.8, 4) is 6.07 Å². The molecule has 1 aromatic rings. The van der Waals surface area contributed by atoms with E-state index < -0.39 is 11.7 Å². The van der Waals surface area contributed by atoms with Gasteiger partial charge in [0.25, 0.3) is 0 Å². The SMILES string of the molecule is N#CC1CCN(Cc2cc3c(c(C(F)(F)F)c2)CNC3)C1. The Morgan fingerprint density at radius 1 is 1.33 bits per heavy atom. The molecular weight excluding hydrogens is 279 g/mol. The molecule has 1 saturated heterocycles. The molecule has 0 bridgehead atoms. The average molecular weight is 295 g/mol. The summed E-state index contributed by atoms with van der Waals surface area (Å²) in [6.07, 6.45) is -3.51. The van der Waals surface area contributed by atoms with Gasteiger partial charge in [-0.2, -0.15) is 18.4 Å². The third-order valence-electron chi connectivity index (χ3n) is 4.19. The number of nitrogens with one attached hydrogen (secondary N) is 1. The van der Waals surface area contributed by atoms with Crippen molar-refractivity contribution >= 4 is 0 Å². The maximum Gasteiger partial charge on any atom is 0.416 e. The molecule has 2 aliphatic heterocycles. The van der Waals surface area contributed by atoms with Crippen molar-refractivity contribution < 1.29 is 13.2 Å². The fraction of sp³-hybridized carbons (Fsp3) is 0.533. The van der Waals surface area contributed by atoms with Gasteiger partial charge in [-0.1, -0.05) is 6.07 Å². The first-order valence-corrected chi connectivity index (χ1v) is 7.02. The van der Waals surface area contributed by atoms with Crippen LogP contribution in [0, 0.1) is 17.2 Å². The summed E-state index contributed by atoms with van der Waals surface area (Å²) in [5, 5.41) is 11.9. The van der Waals surface area contributed by atoms with Gasteiger partial charge in [0.05, 0.1) is 17.6 Å². The molecule has 2 aliphatic rings. The maximum absolute atomic E-state index is 13.2. The second-order valence-corrected chi connectivity index (χ2v) is 5.73. The smallest absolute Gasteiger partial charge is 0.309 e. The van der Waals surface area contributed by atoms with Crippen LogP contribution in [-0.4, -0.2) is 18.0 Å². The van der Waals surface area contributed by atoms with E-state index in [4.69, 9.17) is 5.26 Å². The topological polar surface area (TPSA) is 39.1 Å². The number of nitrogens with zero attached hydrogens (tertiary/aromatic N) is 2. The van der Waals surface area contributed by atoms with E-state index in [9.17, 15) is 13.2 Å². The Kier molecular flexibility index (Phi) is 3.64. The molecule has 6 heteroatoms. The minimum Gasteiger partial charge on any atom is -0.309 e. The molecule has 0 amide bonds. The third-order valence-corrected chi connectivity index (χ3v) is 4.19. The van der Waals surface area contributed by atoms with E-state index in [0.29, 0.717) is 30.8 Å². The van der Waals surface area contributed by atoms with Crippen molar-refractivity contribution in [1.29, 1.82) is 5.26 Å². The number of halogens is 3. The fourth-order valence-corrected chi connectivity index (χ4v) is 3.17. The summed E-state index contributed by atoms with van der Waals surface area (Å²) in [7, 11) is 0.